The topological polar surface area (TPSA) is 68.2 Å². The summed E-state index contributed by atoms with van der Waals surface area (Å²) in [5.41, 5.74) is 0. The molecular weight excluding hydrogens is 486 g/mol. The maximum Gasteiger partial charge on any atom is 0.147 e. The third kappa shape index (κ3) is 7.90. The molecule has 0 bridgehead atoms. The molecule has 0 radical (unpaired) electrons. The summed E-state index contributed by atoms with van der Waals surface area (Å²) in [6.07, 6.45) is 8.32. The van der Waals surface area contributed by atoms with Crippen LogP contribution in [0.15, 0.2) is 5.76 Å². The number of unbranched alkanes of at least 4 members (excludes halogenated alkanes) is 5. The molecule has 1 heterocycles. The first-order valence-electron chi connectivity index (χ1n) is 7.07. The van der Waals surface area contributed by atoms with Gasteiger partial charge >= 0.3 is 0 Å². The van der Waals surface area contributed by atoms with Crippen molar-refractivity contribution in [3.8, 4) is 0 Å². The average molecular weight is 511 g/mol. The third-order valence-electron chi connectivity index (χ3n) is 3.08. The Morgan fingerprint density at radius 2 is 1.90 bits per heavy atom. The predicted molar refractivity (Wildman–Crippen MR) is 70.4 cm³/mol. The predicted octanol–water partition coefficient (Wildman–Crippen LogP) is 2.30. The van der Waals surface area contributed by atoms with Crippen molar-refractivity contribution in [1.82, 2.24) is 0 Å². The van der Waals surface area contributed by atoms with Crippen molar-refractivity contribution in [2.45, 2.75) is 57.7 Å². The summed E-state index contributed by atoms with van der Waals surface area (Å²) in [6, 6.07) is 0. The quantitative estimate of drug-likeness (QED) is 0.253. The molecule has 1 aliphatic rings. The second-order valence-electron chi connectivity index (χ2n) is 4.71. The largest absolute Gasteiger partial charge is 0.684 e. The van der Waals surface area contributed by atoms with E-state index in [4.69, 9.17) is 19.3 Å². The first-order chi connectivity index (χ1) is 9.29. The number of aliphatic hydroxyl groups excluding tert-OH is 2. The van der Waals surface area contributed by atoms with Crippen LogP contribution in [-0.2, 0) is 14.2 Å². The van der Waals surface area contributed by atoms with E-state index < -0.39 is 12.2 Å². The van der Waals surface area contributed by atoms with Gasteiger partial charge in [0.2, 0.25) is 0 Å². The van der Waals surface area contributed by atoms with Gasteiger partial charge in [-0.25, -0.2) is 0 Å². The number of hydrogen-bond acceptors (Lipinski definition) is 5. The van der Waals surface area contributed by atoms with Crippen LogP contribution in [-0.4, -0.2) is 42.4 Å². The van der Waals surface area contributed by atoms with Gasteiger partial charge in [-0.1, -0.05) is 39.0 Å². The van der Waals surface area contributed by atoms with Crippen LogP contribution in [0.3, 0.4) is 0 Å². The second kappa shape index (κ2) is 13.0. The maximum atomic E-state index is 9.40. The summed E-state index contributed by atoms with van der Waals surface area (Å²) in [6.45, 7) is 2.72. The van der Waals surface area contributed by atoms with Gasteiger partial charge in [-0.05, 0) is 12.2 Å². The van der Waals surface area contributed by atoms with Gasteiger partial charge in [-0.2, -0.15) is 0 Å². The summed E-state index contributed by atoms with van der Waals surface area (Å²) in [5, 5.41) is 18.4. The molecule has 1 unspecified atom stereocenters. The molecule has 116 valence electrons. The van der Waals surface area contributed by atoms with E-state index in [1.54, 1.807) is 0 Å². The molecule has 0 aromatic heterocycles. The Morgan fingerprint density at radius 1 is 1.20 bits per heavy atom. The Kier molecular flexibility index (Phi) is 13.1. The number of ether oxygens (including phenoxy) is 3. The normalized spacial score (nSPS) is 21.2. The molecule has 0 amide bonds. The SMILES string of the molecule is CCCCCCCCOCOC1C(O)=[C-]O[C@@H]1CO.[U]. The van der Waals surface area contributed by atoms with E-state index in [0.717, 1.165) is 6.42 Å². The van der Waals surface area contributed by atoms with E-state index >= 15 is 0 Å². The van der Waals surface area contributed by atoms with E-state index in [1.165, 1.54) is 32.1 Å². The van der Waals surface area contributed by atoms with Gasteiger partial charge in [0.1, 0.15) is 19.0 Å². The van der Waals surface area contributed by atoms with Gasteiger partial charge in [0.15, 0.2) is 0 Å². The first-order valence-corrected chi connectivity index (χ1v) is 7.07. The van der Waals surface area contributed by atoms with E-state index in [-0.39, 0.29) is 50.3 Å². The smallest absolute Gasteiger partial charge is 0.147 e. The van der Waals surface area contributed by atoms with Gasteiger partial charge in [-0.15, -0.1) is 0 Å². The summed E-state index contributed by atoms with van der Waals surface area (Å²) in [4.78, 5) is 0. The molecule has 5 nitrogen and oxygen atoms in total. The van der Waals surface area contributed by atoms with E-state index in [1.807, 2.05) is 0 Å². The molecule has 0 fully saturated rings. The van der Waals surface area contributed by atoms with Gasteiger partial charge in [0.05, 0.1) is 6.61 Å². The summed E-state index contributed by atoms with van der Waals surface area (Å²) < 4.78 is 15.5. The average Bonchev–Trinajstić information content (AvgIpc) is 2.77. The fraction of sp³-hybridized carbons (Fsp3) is 0.857. The van der Waals surface area contributed by atoms with Crippen LogP contribution >= 0.6 is 0 Å². The number of rotatable bonds is 11. The van der Waals surface area contributed by atoms with Crippen LogP contribution in [0.1, 0.15) is 45.4 Å². The zero-order valence-corrected chi connectivity index (χ0v) is 16.3. The Labute approximate surface area is 145 Å². The fourth-order valence-electron chi connectivity index (χ4n) is 1.92. The molecule has 0 aromatic carbocycles. The van der Waals surface area contributed by atoms with Crippen LogP contribution in [0.2, 0.25) is 0 Å². The second-order valence-corrected chi connectivity index (χ2v) is 4.71. The molecule has 0 spiro atoms. The molecule has 1 aliphatic heterocycles. The molecule has 0 saturated heterocycles. The number of aliphatic hydroxyl groups is 2. The zero-order valence-electron chi connectivity index (χ0n) is 12.1. The molecule has 20 heavy (non-hydrogen) atoms. The van der Waals surface area contributed by atoms with Gasteiger partial charge in [0, 0.05) is 37.7 Å². The molecule has 0 aliphatic carbocycles. The fourth-order valence-corrected chi connectivity index (χ4v) is 1.92. The van der Waals surface area contributed by atoms with Crippen LogP contribution in [0.25, 0.3) is 0 Å². The van der Waals surface area contributed by atoms with E-state index in [0.29, 0.717) is 6.61 Å². The van der Waals surface area contributed by atoms with Crippen molar-refractivity contribution in [3.05, 3.63) is 12.0 Å². The van der Waals surface area contributed by atoms with Gasteiger partial charge in [0.25, 0.3) is 0 Å². The van der Waals surface area contributed by atoms with Crippen LogP contribution < -0.4 is 0 Å². The minimum absolute atomic E-state index is 0. The van der Waals surface area contributed by atoms with Crippen molar-refractivity contribution >= 4 is 0 Å². The standard InChI is InChI=1S/C14H25O5.U/c1-2-3-4-5-6-7-8-17-11-19-14-12(16)10-18-13(14)9-15;/h13-16H,2-9,11H2,1H3;/q-1;/t13-,14?;/m1./s1. The summed E-state index contributed by atoms with van der Waals surface area (Å²) in [5.74, 6) is -0.123. The van der Waals surface area contributed by atoms with E-state index in [2.05, 4.69) is 13.2 Å². The summed E-state index contributed by atoms with van der Waals surface area (Å²) in [7, 11) is 0. The van der Waals surface area contributed by atoms with Crippen molar-refractivity contribution < 1.29 is 55.5 Å². The van der Waals surface area contributed by atoms with Crippen LogP contribution in [0.5, 0.6) is 0 Å². The monoisotopic (exact) mass is 511 g/mol. The van der Waals surface area contributed by atoms with E-state index in [9.17, 15) is 5.11 Å². The van der Waals surface area contributed by atoms with Crippen molar-refractivity contribution in [3.63, 3.8) is 0 Å². The zero-order chi connectivity index (χ0) is 13.9. The van der Waals surface area contributed by atoms with Gasteiger partial charge < -0.3 is 24.4 Å². The third-order valence-corrected chi connectivity index (χ3v) is 3.08. The Morgan fingerprint density at radius 3 is 2.60 bits per heavy atom. The molecule has 6 heteroatoms. The number of hydrogen-bond donors (Lipinski definition) is 2. The van der Waals surface area contributed by atoms with Crippen LogP contribution in [0, 0.1) is 37.4 Å². The minimum atomic E-state index is -0.672. The molecular formula is C14H25O5U-. The molecule has 2 atom stereocenters. The van der Waals surface area contributed by atoms with Crippen molar-refractivity contribution in [2.24, 2.45) is 0 Å². The van der Waals surface area contributed by atoms with Crippen molar-refractivity contribution in [1.29, 1.82) is 0 Å². The maximum absolute atomic E-state index is 9.40. The molecule has 0 saturated carbocycles. The molecule has 0 aromatic rings. The summed E-state index contributed by atoms with van der Waals surface area (Å²) >= 11 is 0. The Balaban J connectivity index is 0.00000361. The first kappa shape index (κ1) is 20.3. The van der Waals surface area contributed by atoms with Crippen LogP contribution in [0.4, 0.5) is 0 Å². The minimum Gasteiger partial charge on any atom is -0.684 e. The van der Waals surface area contributed by atoms with Crippen molar-refractivity contribution in [2.75, 3.05) is 20.0 Å². The Bertz CT molecular complexity index is 260. The molecule has 1 rings (SSSR count). The Hall–Kier alpha value is 0.272. The van der Waals surface area contributed by atoms with Gasteiger partial charge in [-0.3, -0.25) is 6.26 Å². The molecule has 2 N–H and O–H groups in total.